The van der Waals surface area contributed by atoms with E-state index in [1.165, 1.54) is 12.1 Å². The third kappa shape index (κ3) is 8.06. The molecule has 13 heteroatoms. The highest BCUT2D eigenvalue weighted by molar-refractivity contribution is 5.65. The zero-order valence-corrected chi connectivity index (χ0v) is 23.2. The third-order valence-corrected chi connectivity index (χ3v) is 6.72. The van der Waals surface area contributed by atoms with Gasteiger partial charge < -0.3 is 18.9 Å². The van der Waals surface area contributed by atoms with Crippen LogP contribution in [0.4, 0.5) is 39.5 Å². The first-order valence-electron chi connectivity index (χ1n) is 13.6. The van der Waals surface area contributed by atoms with E-state index in [2.05, 4.69) is 16.4 Å². The second kappa shape index (κ2) is 14.4. The van der Waals surface area contributed by atoms with E-state index in [-0.39, 0.29) is 36.0 Å². The summed E-state index contributed by atoms with van der Waals surface area (Å²) < 4.78 is 147. The topological polar surface area (TPSA) is 36.9 Å². The van der Waals surface area contributed by atoms with Crippen LogP contribution in [-0.4, -0.2) is 19.6 Å². The fraction of sp³-hybridized carbons (Fsp3) is 0.355. The molecule has 0 atom stereocenters. The van der Waals surface area contributed by atoms with Gasteiger partial charge in [-0.2, -0.15) is 8.78 Å². The lowest BCUT2D eigenvalue weighted by Gasteiger charge is -2.29. The molecule has 0 aromatic heterocycles. The summed E-state index contributed by atoms with van der Waals surface area (Å²) in [7, 11) is 0. The molecule has 1 fully saturated rings. The van der Waals surface area contributed by atoms with E-state index in [0.29, 0.717) is 30.9 Å². The van der Waals surface area contributed by atoms with E-state index >= 15 is 4.39 Å². The summed E-state index contributed by atoms with van der Waals surface area (Å²) in [6.45, 7) is 2.93. The summed E-state index contributed by atoms with van der Waals surface area (Å²) in [6, 6.07) is 4.98. The number of allylic oxidation sites excluding steroid dienone is 1. The third-order valence-electron chi connectivity index (χ3n) is 6.72. The van der Waals surface area contributed by atoms with E-state index in [0.717, 1.165) is 31.7 Å². The van der Waals surface area contributed by atoms with Gasteiger partial charge in [0, 0.05) is 35.3 Å². The number of ether oxygens (including phenoxy) is 4. The van der Waals surface area contributed by atoms with Crippen LogP contribution in [0, 0.1) is 35.0 Å². The van der Waals surface area contributed by atoms with Crippen LogP contribution in [0.1, 0.15) is 50.0 Å². The molecular weight excluding hydrogens is 607 g/mol. The first-order chi connectivity index (χ1) is 20.9. The van der Waals surface area contributed by atoms with Crippen molar-refractivity contribution < 1.29 is 58.5 Å². The zero-order valence-electron chi connectivity index (χ0n) is 23.2. The Morgan fingerprint density at radius 1 is 0.864 bits per heavy atom. The molecule has 1 heterocycles. The minimum absolute atomic E-state index is 0.163. The van der Waals surface area contributed by atoms with E-state index in [1.54, 1.807) is 0 Å². The van der Waals surface area contributed by atoms with Gasteiger partial charge in [0.15, 0.2) is 23.7 Å². The molecule has 4 rings (SSSR count). The smallest absolute Gasteiger partial charge is 0.432 e. The molecule has 4 nitrogen and oxygen atoms in total. The van der Waals surface area contributed by atoms with Crippen LogP contribution in [0.25, 0.3) is 11.1 Å². The molecule has 0 saturated carbocycles. The molecule has 0 N–H and O–H groups in total. The van der Waals surface area contributed by atoms with Gasteiger partial charge in [0.05, 0.1) is 19.5 Å². The van der Waals surface area contributed by atoms with Crippen molar-refractivity contribution in [1.29, 1.82) is 0 Å². The van der Waals surface area contributed by atoms with Crippen molar-refractivity contribution in [2.24, 2.45) is 5.92 Å². The molecule has 1 saturated heterocycles. The Kier molecular flexibility index (Phi) is 10.8. The maximum absolute atomic E-state index is 15.0. The lowest BCUT2D eigenvalue weighted by atomic mass is 9.99. The summed E-state index contributed by atoms with van der Waals surface area (Å²) in [5.41, 5.74) is -2.31. The molecule has 1 aliphatic rings. The number of rotatable bonds is 12. The van der Waals surface area contributed by atoms with Crippen LogP contribution >= 0.6 is 0 Å². The molecule has 0 spiro atoms. The van der Waals surface area contributed by atoms with Crippen molar-refractivity contribution >= 4 is 0 Å². The van der Waals surface area contributed by atoms with Crippen molar-refractivity contribution in [2.75, 3.05) is 13.2 Å². The molecule has 0 unspecified atom stereocenters. The quantitative estimate of drug-likeness (QED) is 0.113. The summed E-state index contributed by atoms with van der Waals surface area (Å²) in [5.74, 6) is -10.0. The Bertz CT molecular complexity index is 1420. The minimum Gasteiger partial charge on any atom is -0.459 e. The van der Waals surface area contributed by atoms with Crippen LogP contribution in [-0.2, 0) is 15.6 Å². The lowest BCUT2D eigenvalue weighted by molar-refractivity contribution is -0.206. The number of unbranched alkanes of at least 4 members (excludes halogenated alkanes) is 2. The van der Waals surface area contributed by atoms with Gasteiger partial charge in [-0.15, -0.1) is 0 Å². The van der Waals surface area contributed by atoms with Crippen molar-refractivity contribution in [1.82, 2.24) is 0 Å². The minimum atomic E-state index is -4.80. The molecule has 0 radical (unpaired) electrons. The average molecular weight is 635 g/mol. The molecule has 238 valence electrons. The average Bonchev–Trinajstić information content (AvgIpc) is 2.94. The number of benzene rings is 3. The Labute approximate surface area is 247 Å². The van der Waals surface area contributed by atoms with E-state index in [9.17, 15) is 35.1 Å². The molecule has 0 bridgehead atoms. The molecule has 44 heavy (non-hydrogen) atoms. The highest BCUT2D eigenvalue weighted by Crippen LogP contribution is 2.39. The Balaban J connectivity index is 1.49. The monoisotopic (exact) mass is 634 g/mol. The Morgan fingerprint density at radius 3 is 2.07 bits per heavy atom. The maximum Gasteiger partial charge on any atom is 0.432 e. The van der Waals surface area contributed by atoms with Crippen LogP contribution in [0.2, 0.25) is 0 Å². The summed E-state index contributed by atoms with van der Waals surface area (Å²) >= 11 is 0. The summed E-state index contributed by atoms with van der Waals surface area (Å²) in [5, 5.41) is 0. The molecule has 0 aliphatic carbocycles. The number of halogens is 9. The van der Waals surface area contributed by atoms with Crippen molar-refractivity contribution in [3.8, 4) is 22.6 Å². The van der Waals surface area contributed by atoms with Crippen LogP contribution in [0.15, 0.2) is 54.8 Å². The second-order valence-electron chi connectivity index (χ2n) is 10.0. The number of hydrogen-bond acceptors (Lipinski definition) is 4. The lowest BCUT2D eigenvalue weighted by Crippen LogP contribution is -2.27. The van der Waals surface area contributed by atoms with Crippen LogP contribution < -0.4 is 9.47 Å². The van der Waals surface area contributed by atoms with Gasteiger partial charge in [-0.25, -0.2) is 30.7 Å². The number of alkyl halides is 4. The SMILES string of the molecule is CCCCCC1COC(c2ccc(-c3cc(F)c(C(F)(F)Oc4cc(F)c(OC=CC(F)F)c(F)c4)c(F)c3)c(F)c2)OC1. The van der Waals surface area contributed by atoms with Crippen LogP contribution in [0.5, 0.6) is 11.5 Å². The van der Waals surface area contributed by atoms with Crippen molar-refractivity contribution in [2.45, 2.75) is 51.4 Å². The van der Waals surface area contributed by atoms with Gasteiger partial charge in [0.2, 0.25) is 0 Å². The molecule has 1 aliphatic heterocycles. The summed E-state index contributed by atoms with van der Waals surface area (Å²) in [6.07, 6.45) is -4.04. The highest BCUT2D eigenvalue weighted by atomic mass is 19.3. The fourth-order valence-electron chi connectivity index (χ4n) is 4.58. The van der Waals surface area contributed by atoms with Gasteiger partial charge in [-0.05, 0) is 30.2 Å². The largest absolute Gasteiger partial charge is 0.459 e. The fourth-order valence-corrected chi connectivity index (χ4v) is 4.58. The van der Waals surface area contributed by atoms with E-state index in [4.69, 9.17) is 9.47 Å². The predicted octanol–water partition coefficient (Wildman–Crippen LogP) is 9.58. The summed E-state index contributed by atoms with van der Waals surface area (Å²) in [4.78, 5) is 0. The van der Waals surface area contributed by atoms with E-state index in [1.807, 2.05) is 0 Å². The first-order valence-corrected chi connectivity index (χ1v) is 13.6. The first kappa shape index (κ1) is 33.2. The van der Waals surface area contributed by atoms with Gasteiger partial charge in [-0.1, -0.05) is 38.3 Å². The Morgan fingerprint density at radius 2 is 1.50 bits per heavy atom. The van der Waals surface area contributed by atoms with Gasteiger partial charge in [-0.3, -0.25) is 0 Å². The van der Waals surface area contributed by atoms with Crippen molar-refractivity contribution in [3.63, 3.8) is 0 Å². The Hall–Kier alpha value is -3.71. The molecular formula is C31H27F9O4. The highest BCUT2D eigenvalue weighted by Gasteiger charge is 2.42. The zero-order chi connectivity index (χ0) is 32.0. The maximum atomic E-state index is 15.0. The second-order valence-corrected chi connectivity index (χ2v) is 10.0. The molecule has 3 aromatic carbocycles. The number of hydrogen-bond donors (Lipinski definition) is 0. The van der Waals surface area contributed by atoms with Gasteiger partial charge >= 0.3 is 6.11 Å². The van der Waals surface area contributed by atoms with Gasteiger partial charge in [0.1, 0.15) is 28.8 Å². The molecule has 3 aromatic rings. The molecule has 0 amide bonds. The van der Waals surface area contributed by atoms with Crippen LogP contribution in [0.3, 0.4) is 0 Å². The van der Waals surface area contributed by atoms with Crippen molar-refractivity contribution in [3.05, 3.63) is 95.0 Å². The van der Waals surface area contributed by atoms with E-state index < -0.39 is 70.5 Å². The standard InChI is InChI=1S/C31H27F9O4/c1-2-3-4-5-17-15-42-30(43-16-17)18-6-7-21(22(32)10-18)19-11-23(33)28(24(34)12-19)31(39,40)44-20-13-25(35)29(26(36)14-20)41-9-8-27(37)38/h6-14,17,27,30H,2-5,15-16H2,1H3. The normalized spacial score (nSPS) is 17.4. The van der Waals surface area contributed by atoms with Gasteiger partial charge in [0.25, 0.3) is 6.43 Å². The predicted molar refractivity (Wildman–Crippen MR) is 141 cm³/mol.